The number of carbonyl (C=O) groups is 2. The summed E-state index contributed by atoms with van der Waals surface area (Å²) in [5, 5.41) is 24.6. The second kappa shape index (κ2) is 10.1. The van der Waals surface area contributed by atoms with E-state index >= 15 is 0 Å². The summed E-state index contributed by atoms with van der Waals surface area (Å²) in [5.41, 5.74) is 2.56. The Morgan fingerprint density at radius 3 is 2.62 bits per heavy atom. The average Bonchev–Trinajstić information content (AvgIpc) is 3.57. The molecule has 32 heavy (non-hydrogen) atoms. The number of hydrogen-bond acceptors (Lipinski definition) is 10. The fourth-order valence-electron chi connectivity index (χ4n) is 2.46. The first kappa shape index (κ1) is 23.1. The molecule has 0 aliphatic heterocycles. The first-order valence-corrected chi connectivity index (χ1v) is 10.0. The number of hydrogen-bond donors (Lipinski definition) is 3. The van der Waals surface area contributed by atoms with Gasteiger partial charge in [-0.15, -0.1) is 0 Å². The Bertz CT molecular complexity index is 1110. The lowest BCUT2D eigenvalue weighted by Crippen LogP contribution is -2.36. The number of carbonyl (C=O) groups excluding carboxylic acids is 2. The number of rotatable bonds is 7. The standard InChI is InChI=1S/C19H16Cl2N6O5/c1-2-31-19(30)25-17(29)13(7-22)27-26-10-5-11(20)16(12(21)6-10)32-18-23-8-14(28)15(24-18)9-3-4-9/h5-6,8-9,26,28H,2-4H2,1H3,(H,25,29,30)/b27-13+. The minimum atomic E-state index is -1.05. The Hall–Kier alpha value is -3.62. The molecule has 2 aromatic rings. The third-order valence-electron chi connectivity index (χ3n) is 4.04. The summed E-state index contributed by atoms with van der Waals surface area (Å²) in [6.07, 6.45) is 2.09. The number of hydrazone groups is 1. The number of nitriles is 1. The second-order valence-corrected chi connectivity index (χ2v) is 7.24. The smallest absolute Gasteiger partial charge is 0.414 e. The Morgan fingerprint density at radius 2 is 2.03 bits per heavy atom. The van der Waals surface area contributed by atoms with Gasteiger partial charge in [0.1, 0.15) is 6.07 Å². The van der Waals surface area contributed by atoms with Crippen molar-refractivity contribution in [2.75, 3.05) is 12.0 Å². The van der Waals surface area contributed by atoms with E-state index in [0.717, 1.165) is 12.8 Å². The molecule has 2 amide bonds. The van der Waals surface area contributed by atoms with Crippen LogP contribution >= 0.6 is 23.2 Å². The van der Waals surface area contributed by atoms with Crippen molar-refractivity contribution in [3.8, 4) is 23.6 Å². The lowest BCUT2D eigenvalue weighted by Gasteiger charge is -2.11. The van der Waals surface area contributed by atoms with Crippen LogP contribution in [0.2, 0.25) is 10.0 Å². The molecule has 3 N–H and O–H groups in total. The SMILES string of the molecule is CCOC(=O)NC(=O)/C(C#N)=N/Nc1cc(Cl)c(Oc2ncc(O)c(C3CC3)n2)c(Cl)c1. The van der Waals surface area contributed by atoms with Crippen LogP contribution in [0.4, 0.5) is 10.5 Å². The van der Waals surface area contributed by atoms with Gasteiger partial charge in [0.2, 0.25) is 5.71 Å². The van der Waals surface area contributed by atoms with Gasteiger partial charge in [0.05, 0.1) is 34.2 Å². The number of alkyl carbamates (subject to hydrolysis) is 1. The average molecular weight is 479 g/mol. The zero-order valence-electron chi connectivity index (χ0n) is 16.6. The largest absolute Gasteiger partial charge is 0.504 e. The zero-order chi connectivity index (χ0) is 23.3. The zero-order valence-corrected chi connectivity index (χ0v) is 18.1. The molecular weight excluding hydrogens is 463 g/mol. The molecule has 0 unspecified atom stereocenters. The molecule has 1 aromatic carbocycles. The highest BCUT2D eigenvalue weighted by Crippen LogP contribution is 2.44. The van der Waals surface area contributed by atoms with Gasteiger partial charge in [-0.3, -0.25) is 15.5 Å². The van der Waals surface area contributed by atoms with Crippen LogP contribution in [0.25, 0.3) is 0 Å². The van der Waals surface area contributed by atoms with Gasteiger partial charge in [-0.25, -0.2) is 4.79 Å². The minimum absolute atomic E-state index is 0.00487. The summed E-state index contributed by atoms with van der Waals surface area (Å²) < 4.78 is 10.2. The summed E-state index contributed by atoms with van der Waals surface area (Å²) in [6.45, 7) is 1.62. The van der Waals surface area contributed by atoms with Gasteiger partial charge in [0, 0.05) is 5.92 Å². The molecule has 11 nitrogen and oxygen atoms in total. The van der Waals surface area contributed by atoms with E-state index in [2.05, 4.69) is 25.2 Å². The quantitative estimate of drug-likeness (QED) is 0.397. The van der Waals surface area contributed by atoms with E-state index in [9.17, 15) is 14.7 Å². The predicted molar refractivity (Wildman–Crippen MR) is 114 cm³/mol. The number of ether oxygens (including phenoxy) is 2. The van der Waals surface area contributed by atoms with Crippen LogP contribution in [-0.4, -0.2) is 39.4 Å². The number of nitrogens with zero attached hydrogens (tertiary/aromatic N) is 4. The Balaban J connectivity index is 1.73. The highest BCUT2D eigenvalue weighted by Gasteiger charge is 2.29. The summed E-state index contributed by atoms with van der Waals surface area (Å²) in [4.78, 5) is 31.3. The molecule has 0 radical (unpaired) electrons. The number of aromatic nitrogens is 2. The van der Waals surface area contributed by atoms with Crippen LogP contribution < -0.4 is 15.5 Å². The van der Waals surface area contributed by atoms with Crippen molar-refractivity contribution in [2.24, 2.45) is 5.10 Å². The Kier molecular flexibility index (Phi) is 7.29. The van der Waals surface area contributed by atoms with Crippen molar-refractivity contribution in [3.05, 3.63) is 34.1 Å². The van der Waals surface area contributed by atoms with E-state index < -0.39 is 17.7 Å². The van der Waals surface area contributed by atoms with Gasteiger partial charge in [0.15, 0.2) is 11.5 Å². The normalized spacial score (nSPS) is 13.1. The maximum Gasteiger partial charge on any atom is 0.414 e. The van der Waals surface area contributed by atoms with Crippen molar-refractivity contribution >= 4 is 46.6 Å². The fraction of sp³-hybridized carbons (Fsp3) is 0.263. The van der Waals surface area contributed by atoms with Gasteiger partial charge in [-0.05, 0) is 31.9 Å². The lowest BCUT2D eigenvalue weighted by molar-refractivity contribution is -0.114. The molecule has 1 aromatic heterocycles. The van der Waals surface area contributed by atoms with Crippen LogP contribution in [0, 0.1) is 11.3 Å². The topological polar surface area (TPSA) is 159 Å². The van der Waals surface area contributed by atoms with Gasteiger partial charge in [0.25, 0.3) is 5.91 Å². The van der Waals surface area contributed by atoms with E-state index in [-0.39, 0.29) is 45.8 Å². The van der Waals surface area contributed by atoms with Gasteiger partial charge in [-0.1, -0.05) is 23.2 Å². The van der Waals surface area contributed by atoms with E-state index in [1.807, 2.05) is 5.32 Å². The maximum atomic E-state index is 11.9. The van der Waals surface area contributed by atoms with E-state index in [1.54, 1.807) is 13.0 Å². The second-order valence-electron chi connectivity index (χ2n) is 6.43. The molecule has 0 saturated heterocycles. The van der Waals surface area contributed by atoms with Crippen LogP contribution in [0.3, 0.4) is 0 Å². The lowest BCUT2D eigenvalue weighted by atomic mass is 10.2. The van der Waals surface area contributed by atoms with Crippen molar-refractivity contribution < 1.29 is 24.2 Å². The Morgan fingerprint density at radius 1 is 1.34 bits per heavy atom. The molecular formula is C19H16Cl2N6O5. The molecule has 166 valence electrons. The monoisotopic (exact) mass is 478 g/mol. The van der Waals surface area contributed by atoms with E-state index in [0.29, 0.717) is 5.69 Å². The highest BCUT2D eigenvalue weighted by atomic mass is 35.5. The third-order valence-corrected chi connectivity index (χ3v) is 4.60. The van der Waals surface area contributed by atoms with Crippen molar-refractivity contribution in [3.63, 3.8) is 0 Å². The molecule has 1 heterocycles. The number of aromatic hydroxyl groups is 1. The molecule has 0 atom stereocenters. The Labute approximate surface area is 192 Å². The summed E-state index contributed by atoms with van der Waals surface area (Å²) in [7, 11) is 0. The predicted octanol–water partition coefficient (Wildman–Crippen LogP) is 3.72. The minimum Gasteiger partial charge on any atom is -0.504 e. The molecule has 1 fully saturated rings. The molecule has 3 rings (SSSR count). The van der Waals surface area contributed by atoms with Crippen molar-refractivity contribution in [1.29, 1.82) is 5.26 Å². The number of nitrogens with one attached hydrogen (secondary N) is 2. The van der Waals surface area contributed by atoms with Crippen molar-refractivity contribution in [1.82, 2.24) is 15.3 Å². The first-order valence-electron chi connectivity index (χ1n) is 9.27. The summed E-state index contributed by atoms with van der Waals surface area (Å²) in [6, 6.07) is 4.29. The third kappa shape index (κ3) is 5.75. The van der Waals surface area contributed by atoms with E-state index in [1.165, 1.54) is 18.3 Å². The van der Waals surface area contributed by atoms with Crippen LogP contribution in [0.1, 0.15) is 31.4 Å². The summed E-state index contributed by atoms with van der Waals surface area (Å²) >= 11 is 12.5. The van der Waals surface area contributed by atoms with Crippen LogP contribution in [0.5, 0.6) is 17.5 Å². The number of benzene rings is 1. The first-order chi connectivity index (χ1) is 15.3. The van der Waals surface area contributed by atoms with Gasteiger partial charge < -0.3 is 14.6 Å². The van der Waals surface area contributed by atoms with Gasteiger partial charge >= 0.3 is 12.1 Å². The van der Waals surface area contributed by atoms with Crippen LogP contribution in [0.15, 0.2) is 23.4 Å². The number of halogens is 2. The summed E-state index contributed by atoms with van der Waals surface area (Å²) in [5.74, 6) is -0.816. The van der Waals surface area contributed by atoms with E-state index in [4.69, 9.17) is 33.2 Å². The number of imide groups is 1. The van der Waals surface area contributed by atoms with Crippen LogP contribution in [-0.2, 0) is 9.53 Å². The molecule has 1 saturated carbocycles. The fourth-order valence-corrected chi connectivity index (χ4v) is 3.02. The molecule has 13 heteroatoms. The molecule has 0 bridgehead atoms. The molecule has 0 spiro atoms. The molecule has 1 aliphatic carbocycles. The van der Waals surface area contributed by atoms with Gasteiger partial charge in [-0.2, -0.15) is 20.3 Å². The highest BCUT2D eigenvalue weighted by molar-refractivity contribution is 6.47. The number of anilines is 1. The maximum absolute atomic E-state index is 11.9. The molecule has 1 aliphatic rings. The number of amides is 2. The van der Waals surface area contributed by atoms with Crippen molar-refractivity contribution in [2.45, 2.75) is 25.7 Å².